The van der Waals surface area contributed by atoms with E-state index < -0.39 is 9.84 Å². The van der Waals surface area contributed by atoms with E-state index >= 15 is 0 Å². The minimum Gasteiger partial charge on any atom is -0.338 e. The van der Waals surface area contributed by atoms with Crippen LogP contribution in [0.15, 0.2) is 24.3 Å². The Hall–Kier alpha value is -1.36. The summed E-state index contributed by atoms with van der Waals surface area (Å²) in [5.41, 5.74) is 1.35. The molecule has 110 valence electrons. The Morgan fingerprint density at radius 3 is 2.50 bits per heavy atom. The van der Waals surface area contributed by atoms with Crippen molar-refractivity contribution in [2.24, 2.45) is 5.92 Å². The quantitative estimate of drug-likeness (QED) is 0.858. The van der Waals surface area contributed by atoms with Crippen molar-refractivity contribution in [2.75, 3.05) is 19.3 Å². The molecule has 1 aromatic rings. The number of carbonyl (C=O) groups excluding carboxylic acids is 1. The summed E-state index contributed by atoms with van der Waals surface area (Å²) in [5, 5.41) is 0. The van der Waals surface area contributed by atoms with Gasteiger partial charge < -0.3 is 4.90 Å². The molecule has 1 fully saturated rings. The number of likely N-dealkylation sites (tertiary alicyclic amines) is 1. The maximum Gasteiger partial charge on any atom is 0.253 e. The van der Waals surface area contributed by atoms with Gasteiger partial charge in [0.2, 0.25) is 0 Å². The minimum absolute atomic E-state index is 0.0161. The van der Waals surface area contributed by atoms with Crippen LogP contribution in [0.1, 0.15) is 35.7 Å². The lowest BCUT2D eigenvalue weighted by Crippen LogP contribution is -2.39. The van der Waals surface area contributed by atoms with Crippen molar-refractivity contribution in [1.29, 1.82) is 0 Å². The molecular weight excluding hydrogens is 274 g/mol. The number of piperidine rings is 1. The molecule has 1 heterocycles. The summed E-state index contributed by atoms with van der Waals surface area (Å²) < 4.78 is 22.5. The molecule has 1 aliphatic heterocycles. The Bertz CT molecular complexity index is 578. The molecule has 0 spiro atoms. The molecule has 1 aliphatic rings. The zero-order chi connectivity index (χ0) is 14.8. The van der Waals surface area contributed by atoms with Crippen LogP contribution in [0.4, 0.5) is 0 Å². The van der Waals surface area contributed by atoms with Crippen molar-refractivity contribution in [3.63, 3.8) is 0 Å². The molecule has 5 heteroatoms. The first kappa shape index (κ1) is 15.0. The number of sulfone groups is 1. The van der Waals surface area contributed by atoms with E-state index in [4.69, 9.17) is 0 Å². The lowest BCUT2D eigenvalue weighted by Gasteiger charge is -2.31. The molecule has 4 nitrogen and oxygen atoms in total. The molecule has 1 amide bonds. The molecule has 1 atom stereocenters. The van der Waals surface area contributed by atoms with Crippen LogP contribution in [0, 0.1) is 5.92 Å². The molecular formula is C15H21NO3S. The highest BCUT2D eigenvalue weighted by Crippen LogP contribution is 2.18. The summed E-state index contributed by atoms with van der Waals surface area (Å²) in [5.74, 6) is 0.613. The number of amides is 1. The molecule has 0 saturated carbocycles. The average molecular weight is 295 g/mol. The smallest absolute Gasteiger partial charge is 0.253 e. The average Bonchev–Trinajstić information content (AvgIpc) is 2.37. The molecule has 0 bridgehead atoms. The second kappa shape index (κ2) is 5.95. The fourth-order valence-electron chi connectivity index (χ4n) is 2.60. The maximum absolute atomic E-state index is 12.3. The van der Waals surface area contributed by atoms with Gasteiger partial charge in [0, 0.05) is 24.9 Å². The molecule has 20 heavy (non-hydrogen) atoms. The molecule has 1 aromatic carbocycles. The third kappa shape index (κ3) is 4.07. The van der Waals surface area contributed by atoms with Crippen LogP contribution < -0.4 is 0 Å². The van der Waals surface area contributed by atoms with Gasteiger partial charge in [0.15, 0.2) is 9.84 Å². The van der Waals surface area contributed by atoms with Gasteiger partial charge in [-0.2, -0.15) is 0 Å². The lowest BCUT2D eigenvalue weighted by molar-refractivity contribution is 0.0683. The molecule has 1 unspecified atom stereocenters. The molecule has 2 rings (SSSR count). The number of carbonyl (C=O) groups is 1. The zero-order valence-corrected chi connectivity index (χ0v) is 12.8. The van der Waals surface area contributed by atoms with Gasteiger partial charge >= 0.3 is 0 Å². The van der Waals surface area contributed by atoms with Gasteiger partial charge in [-0.15, -0.1) is 0 Å². The van der Waals surface area contributed by atoms with Crippen LogP contribution in [-0.4, -0.2) is 38.6 Å². The Morgan fingerprint density at radius 2 is 1.95 bits per heavy atom. The summed E-state index contributed by atoms with van der Waals surface area (Å²) >= 11 is 0. The van der Waals surface area contributed by atoms with E-state index in [9.17, 15) is 13.2 Å². The summed E-state index contributed by atoms with van der Waals surface area (Å²) in [6.45, 7) is 3.78. The van der Waals surface area contributed by atoms with Gasteiger partial charge in [0.25, 0.3) is 5.91 Å². The lowest BCUT2D eigenvalue weighted by atomic mass is 9.99. The molecule has 1 saturated heterocycles. The van der Waals surface area contributed by atoms with Crippen LogP contribution >= 0.6 is 0 Å². The van der Waals surface area contributed by atoms with E-state index in [0.29, 0.717) is 11.5 Å². The summed E-state index contributed by atoms with van der Waals surface area (Å²) in [7, 11) is -3.03. The third-order valence-electron chi connectivity index (χ3n) is 3.57. The van der Waals surface area contributed by atoms with Gasteiger partial charge in [-0.3, -0.25) is 4.79 Å². The topological polar surface area (TPSA) is 54.5 Å². The Labute approximate surface area is 120 Å². The van der Waals surface area contributed by atoms with Gasteiger partial charge in [-0.05, 0) is 36.5 Å². The van der Waals surface area contributed by atoms with Crippen molar-refractivity contribution in [3.8, 4) is 0 Å². The van der Waals surface area contributed by atoms with Crippen LogP contribution in [0.5, 0.6) is 0 Å². The van der Waals surface area contributed by atoms with Crippen LogP contribution in [0.25, 0.3) is 0 Å². The predicted octanol–water partition coefficient (Wildman–Crippen LogP) is 2.10. The first-order valence-electron chi connectivity index (χ1n) is 6.91. The number of benzene rings is 1. The van der Waals surface area contributed by atoms with Crippen molar-refractivity contribution >= 4 is 15.7 Å². The van der Waals surface area contributed by atoms with Gasteiger partial charge in [0.1, 0.15) is 0 Å². The van der Waals surface area contributed by atoms with E-state index in [1.165, 1.54) is 12.7 Å². The number of hydrogen-bond donors (Lipinski definition) is 0. The third-order valence-corrected chi connectivity index (χ3v) is 4.43. The number of rotatable bonds is 3. The number of hydrogen-bond acceptors (Lipinski definition) is 3. The highest BCUT2D eigenvalue weighted by Gasteiger charge is 2.21. The zero-order valence-electron chi connectivity index (χ0n) is 12.0. The fourth-order valence-corrected chi connectivity index (χ4v) is 3.40. The summed E-state index contributed by atoms with van der Waals surface area (Å²) in [4.78, 5) is 14.2. The highest BCUT2D eigenvalue weighted by atomic mass is 32.2. The first-order valence-corrected chi connectivity index (χ1v) is 8.97. The Kier molecular flexibility index (Phi) is 4.48. The molecule has 0 N–H and O–H groups in total. The Morgan fingerprint density at radius 1 is 1.30 bits per heavy atom. The summed E-state index contributed by atoms with van der Waals surface area (Å²) in [6, 6.07) is 6.90. The second-order valence-corrected chi connectivity index (χ2v) is 7.91. The van der Waals surface area contributed by atoms with E-state index in [-0.39, 0.29) is 11.7 Å². The van der Waals surface area contributed by atoms with Crippen molar-refractivity contribution in [1.82, 2.24) is 4.90 Å². The van der Waals surface area contributed by atoms with Gasteiger partial charge in [-0.1, -0.05) is 19.1 Å². The largest absolute Gasteiger partial charge is 0.338 e. The van der Waals surface area contributed by atoms with Crippen LogP contribution in [0.2, 0.25) is 0 Å². The van der Waals surface area contributed by atoms with Crippen LogP contribution in [-0.2, 0) is 15.6 Å². The molecule has 0 radical (unpaired) electrons. The molecule has 0 aliphatic carbocycles. The summed E-state index contributed by atoms with van der Waals surface area (Å²) in [6.07, 6.45) is 3.44. The molecule has 0 aromatic heterocycles. The standard InChI is InChI=1S/C15H21NO3S/c1-12-4-3-9-16(10-12)15(17)14-7-5-13(6-8-14)11-20(2,18)19/h5-8,12H,3-4,9-11H2,1-2H3. The fraction of sp³-hybridized carbons (Fsp3) is 0.533. The van der Waals surface area contributed by atoms with E-state index in [1.54, 1.807) is 24.3 Å². The van der Waals surface area contributed by atoms with E-state index in [1.807, 2.05) is 4.90 Å². The monoisotopic (exact) mass is 295 g/mol. The first-order chi connectivity index (χ1) is 9.35. The maximum atomic E-state index is 12.3. The normalized spacial score (nSPS) is 19.9. The van der Waals surface area contributed by atoms with Gasteiger partial charge in [0.05, 0.1) is 5.75 Å². The Balaban J connectivity index is 2.07. The van der Waals surface area contributed by atoms with Crippen molar-refractivity contribution in [3.05, 3.63) is 35.4 Å². The van der Waals surface area contributed by atoms with E-state index in [2.05, 4.69) is 6.92 Å². The highest BCUT2D eigenvalue weighted by molar-refractivity contribution is 7.89. The SMILES string of the molecule is CC1CCCN(C(=O)c2ccc(CS(C)(=O)=O)cc2)C1. The second-order valence-electron chi connectivity index (χ2n) is 5.77. The minimum atomic E-state index is -3.03. The van der Waals surface area contributed by atoms with Gasteiger partial charge in [-0.25, -0.2) is 8.42 Å². The van der Waals surface area contributed by atoms with E-state index in [0.717, 1.165) is 25.1 Å². The number of nitrogens with zero attached hydrogens (tertiary/aromatic N) is 1. The van der Waals surface area contributed by atoms with Crippen molar-refractivity contribution < 1.29 is 13.2 Å². The van der Waals surface area contributed by atoms with Crippen molar-refractivity contribution in [2.45, 2.75) is 25.5 Å². The van der Waals surface area contributed by atoms with Crippen LogP contribution in [0.3, 0.4) is 0 Å². The predicted molar refractivity (Wildman–Crippen MR) is 79.3 cm³/mol.